The highest BCUT2D eigenvalue weighted by molar-refractivity contribution is 5.94. The largest absolute Gasteiger partial charge is 0.513 e. The molecule has 0 saturated carbocycles. The summed E-state index contributed by atoms with van der Waals surface area (Å²) in [5.41, 5.74) is 2.71. The van der Waals surface area contributed by atoms with Gasteiger partial charge >= 0.3 is 6.16 Å². The molecule has 7 nitrogen and oxygen atoms in total. The van der Waals surface area contributed by atoms with Crippen LogP contribution in [0.25, 0.3) is 0 Å². The van der Waals surface area contributed by atoms with Gasteiger partial charge in [-0.25, -0.2) is 4.79 Å². The molecule has 0 aromatic heterocycles. The summed E-state index contributed by atoms with van der Waals surface area (Å²) in [6.45, 7) is 5.96. The monoisotopic (exact) mass is 438 g/mol. The highest BCUT2D eigenvalue weighted by atomic mass is 16.7. The Bertz CT molecular complexity index is 916. The molecule has 1 fully saturated rings. The third-order valence-electron chi connectivity index (χ3n) is 5.57. The number of nitrogens with one attached hydrogen (secondary N) is 1. The standard InChI is InChI=1S/C25H30N2O5/c1-3-31-25(30)32-22-10-8-21(9-11-22)24(29)26-17-20-12-14-27(15-13-20)23(28)16-19-6-4-18(2)5-7-19/h4-11,20H,3,12-17H2,1-2H3,(H,26,29). The van der Waals surface area contributed by atoms with Gasteiger partial charge in [-0.2, -0.15) is 0 Å². The van der Waals surface area contributed by atoms with E-state index >= 15 is 0 Å². The molecule has 0 spiro atoms. The average molecular weight is 439 g/mol. The Labute approximate surface area is 188 Å². The number of aryl methyl sites for hydroxylation is 1. The molecule has 2 aromatic rings. The van der Waals surface area contributed by atoms with E-state index in [4.69, 9.17) is 9.47 Å². The number of hydrogen-bond acceptors (Lipinski definition) is 5. The van der Waals surface area contributed by atoms with Gasteiger partial charge in [0, 0.05) is 25.2 Å². The maximum atomic E-state index is 12.6. The molecule has 170 valence electrons. The number of ether oxygens (including phenoxy) is 2. The highest BCUT2D eigenvalue weighted by Crippen LogP contribution is 2.18. The predicted molar refractivity (Wildman–Crippen MR) is 121 cm³/mol. The van der Waals surface area contributed by atoms with Gasteiger partial charge in [-0.15, -0.1) is 0 Å². The number of amides is 2. The van der Waals surface area contributed by atoms with Crippen LogP contribution in [0.1, 0.15) is 41.3 Å². The van der Waals surface area contributed by atoms with Gasteiger partial charge in [-0.1, -0.05) is 29.8 Å². The first-order valence-electron chi connectivity index (χ1n) is 11.0. The molecular weight excluding hydrogens is 408 g/mol. The van der Waals surface area contributed by atoms with Crippen molar-refractivity contribution in [3.8, 4) is 5.75 Å². The van der Waals surface area contributed by atoms with Crippen LogP contribution in [0.3, 0.4) is 0 Å². The fraction of sp³-hybridized carbons (Fsp3) is 0.400. The van der Waals surface area contributed by atoms with Crippen molar-refractivity contribution in [3.05, 3.63) is 65.2 Å². The third kappa shape index (κ3) is 6.83. The molecule has 1 heterocycles. The first kappa shape index (κ1) is 23.3. The smallest absolute Gasteiger partial charge is 0.434 e. The summed E-state index contributed by atoms with van der Waals surface area (Å²) in [4.78, 5) is 38.2. The zero-order chi connectivity index (χ0) is 22.9. The van der Waals surface area contributed by atoms with Crippen LogP contribution in [0.4, 0.5) is 4.79 Å². The fourth-order valence-corrected chi connectivity index (χ4v) is 3.64. The van der Waals surface area contributed by atoms with Crippen molar-refractivity contribution in [2.24, 2.45) is 5.92 Å². The van der Waals surface area contributed by atoms with E-state index in [0.717, 1.165) is 18.4 Å². The molecule has 0 unspecified atom stereocenters. The lowest BCUT2D eigenvalue weighted by molar-refractivity contribution is -0.131. The number of rotatable bonds is 7. The number of carbonyl (C=O) groups is 3. The predicted octanol–water partition coefficient (Wildman–Crippen LogP) is 3.74. The van der Waals surface area contributed by atoms with Crippen molar-refractivity contribution in [2.45, 2.75) is 33.1 Å². The van der Waals surface area contributed by atoms with Crippen LogP contribution in [0.2, 0.25) is 0 Å². The van der Waals surface area contributed by atoms with Crippen LogP contribution in [0.5, 0.6) is 5.75 Å². The second kappa shape index (κ2) is 11.3. The second-order valence-corrected chi connectivity index (χ2v) is 8.01. The Hall–Kier alpha value is -3.35. The third-order valence-corrected chi connectivity index (χ3v) is 5.57. The molecule has 1 N–H and O–H groups in total. The Balaban J connectivity index is 1.39. The van der Waals surface area contributed by atoms with Crippen molar-refractivity contribution in [3.63, 3.8) is 0 Å². The van der Waals surface area contributed by atoms with Gasteiger partial charge in [-0.05, 0) is 62.4 Å². The zero-order valence-corrected chi connectivity index (χ0v) is 18.6. The number of benzene rings is 2. The summed E-state index contributed by atoms with van der Waals surface area (Å²) in [7, 11) is 0. The van der Waals surface area contributed by atoms with Crippen LogP contribution in [-0.2, 0) is 16.0 Å². The normalized spacial score (nSPS) is 14.0. The molecule has 2 aromatic carbocycles. The molecule has 1 saturated heterocycles. The SMILES string of the molecule is CCOC(=O)Oc1ccc(C(=O)NCC2CCN(C(=O)Cc3ccc(C)cc3)CC2)cc1. The zero-order valence-electron chi connectivity index (χ0n) is 18.6. The van der Waals surface area contributed by atoms with E-state index in [0.29, 0.717) is 43.3 Å². The van der Waals surface area contributed by atoms with Crippen LogP contribution >= 0.6 is 0 Å². The molecule has 0 aliphatic carbocycles. The van der Waals surface area contributed by atoms with Crippen molar-refractivity contribution >= 4 is 18.0 Å². The number of piperidine rings is 1. The van der Waals surface area contributed by atoms with Crippen LogP contribution in [-0.4, -0.2) is 49.1 Å². The van der Waals surface area contributed by atoms with E-state index in [1.165, 1.54) is 5.56 Å². The van der Waals surface area contributed by atoms with Gasteiger partial charge in [0.2, 0.25) is 5.91 Å². The molecule has 32 heavy (non-hydrogen) atoms. The molecule has 0 atom stereocenters. The number of hydrogen-bond donors (Lipinski definition) is 1. The average Bonchev–Trinajstić information content (AvgIpc) is 2.80. The highest BCUT2D eigenvalue weighted by Gasteiger charge is 2.23. The number of likely N-dealkylation sites (tertiary alicyclic amines) is 1. The molecule has 0 bridgehead atoms. The number of nitrogens with zero attached hydrogens (tertiary/aromatic N) is 1. The summed E-state index contributed by atoms with van der Waals surface area (Å²) in [6.07, 6.45) is 1.39. The Morgan fingerprint density at radius 3 is 2.28 bits per heavy atom. The Morgan fingerprint density at radius 1 is 1.00 bits per heavy atom. The molecule has 0 radical (unpaired) electrons. The van der Waals surface area contributed by atoms with Gasteiger partial charge in [0.25, 0.3) is 5.91 Å². The van der Waals surface area contributed by atoms with Crippen molar-refractivity contribution in [2.75, 3.05) is 26.2 Å². The summed E-state index contributed by atoms with van der Waals surface area (Å²) >= 11 is 0. The first-order valence-corrected chi connectivity index (χ1v) is 11.0. The lowest BCUT2D eigenvalue weighted by Crippen LogP contribution is -2.42. The van der Waals surface area contributed by atoms with E-state index in [2.05, 4.69) is 5.32 Å². The van der Waals surface area contributed by atoms with Crippen LogP contribution in [0.15, 0.2) is 48.5 Å². The molecular formula is C25H30N2O5. The van der Waals surface area contributed by atoms with Gasteiger partial charge in [0.15, 0.2) is 0 Å². The van der Waals surface area contributed by atoms with Gasteiger partial charge in [0.05, 0.1) is 13.0 Å². The van der Waals surface area contributed by atoms with Crippen LogP contribution < -0.4 is 10.1 Å². The fourth-order valence-electron chi connectivity index (χ4n) is 3.64. The summed E-state index contributed by atoms with van der Waals surface area (Å²) < 4.78 is 9.71. The quantitative estimate of drug-likeness (QED) is 0.526. The molecule has 7 heteroatoms. The van der Waals surface area contributed by atoms with Gasteiger partial charge in [0.1, 0.15) is 5.75 Å². The van der Waals surface area contributed by atoms with E-state index < -0.39 is 6.16 Å². The van der Waals surface area contributed by atoms with Gasteiger partial charge in [-0.3, -0.25) is 9.59 Å². The lowest BCUT2D eigenvalue weighted by atomic mass is 9.96. The summed E-state index contributed by atoms with van der Waals surface area (Å²) in [6, 6.07) is 14.4. The van der Waals surface area contributed by atoms with Crippen molar-refractivity contribution in [1.82, 2.24) is 10.2 Å². The maximum Gasteiger partial charge on any atom is 0.513 e. The lowest BCUT2D eigenvalue weighted by Gasteiger charge is -2.32. The van der Waals surface area contributed by atoms with Crippen LogP contribution in [0, 0.1) is 12.8 Å². The Kier molecular flexibility index (Phi) is 8.25. The van der Waals surface area contributed by atoms with Crippen molar-refractivity contribution < 1.29 is 23.9 Å². The summed E-state index contributed by atoms with van der Waals surface area (Å²) in [5, 5.41) is 2.96. The minimum Gasteiger partial charge on any atom is -0.434 e. The number of carbonyl (C=O) groups excluding carboxylic acids is 3. The molecule has 1 aliphatic heterocycles. The summed E-state index contributed by atoms with van der Waals surface area (Å²) in [5.74, 6) is 0.642. The second-order valence-electron chi connectivity index (χ2n) is 8.01. The first-order chi connectivity index (χ1) is 15.4. The van der Waals surface area contributed by atoms with E-state index in [9.17, 15) is 14.4 Å². The minimum absolute atomic E-state index is 0.154. The van der Waals surface area contributed by atoms with E-state index in [1.54, 1.807) is 31.2 Å². The Morgan fingerprint density at radius 2 is 1.66 bits per heavy atom. The molecule has 1 aliphatic rings. The topological polar surface area (TPSA) is 84.9 Å². The maximum absolute atomic E-state index is 12.6. The van der Waals surface area contributed by atoms with E-state index in [-0.39, 0.29) is 18.4 Å². The van der Waals surface area contributed by atoms with Gasteiger partial charge < -0.3 is 19.7 Å². The minimum atomic E-state index is -0.770. The van der Waals surface area contributed by atoms with Crippen molar-refractivity contribution in [1.29, 1.82) is 0 Å². The molecule has 3 rings (SSSR count). The molecule has 2 amide bonds. The van der Waals surface area contributed by atoms with E-state index in [1.807, 2.05) is 36.1 Å².